The summed E-state index contributed by atoms with van der Waals surface area (Å²) in [6.07, 6.45) is 3.80. The topological polar surface area (TPSA) is 112 Å². The number of amides is 2. The molecule has 2 aliphatic heterocycles. The minimum Gasteiger partial charge on any atom is -0.360 e. The number of pyridine rings is 1. The Bertz CT molecular complexity index is 1040. The second-order valence-corrected chi connectivity index (χ2v) is 9.61. The monoisotopic (exact) mass is 443 g/mol. The lowest BCUT2D eigenvalue weighted by Crippen LogP contribution is -2.47. The predicted octanol–water partition coefficient (Wildman–Crippen LogP) is 1.06. The third-order valence-corrected chi connectivity index (χ3v) is 7.52. The fourth-order valence-corrected chi connectivity index (χ4v) is 5.30. The minimum atomic E-state index is -3.58. The third-order valence-electron chi connectivity index (χ3n) is 5.64. The van der Waals surface area contributed by atoms with Crippen molar-refractivity contribution >= 4 is 33.2 Å². The lowest BCUT2D eigenvalue weighted by Gasteiger charge is -2.30. The maximum absolute atomic E-state index is 12.7. The van der Waals surface area contributed by atoms with Crippen LogP contribution in [0.2, 0.25) is 0 Å². The molecule has 0 aliphatic carbocycles. The molecule has 0 spiro atoms. The van der Waals surface area contributed by atoms with Crippen LogP contribution in [0.4, 0.5) is 11.4 Å². The summed E-state index contributed by atoms with van der Waals surface area (Å²) >= 11 is 0. The maximum atomic E-state index is 12.7. The molecule has 2 fully saturated rings. The summed E-state index contributed by atoms with van der Waals surface area (Å²) in [7, 11) is -3.58. The van der Waals surface area contributed by atoms with Gasteiger partial charge in [0, 0.05) is 55.9 Å². The van der Waals surface area contributed by atoms with E-state index in [2.05, 4.69) is 15.6 Å². The van der Waals surface area contributed by atoms with Crippen LogP contribution < -0.4 is 15.5 Å². The Hall–Kier alpha value is -2.98. The summed E-state index contributed by atoms with van der Waals surface area (Å²) < 4.78 is 26.8. The van der Waals surface area contributed by atoms with E-state index in [1.54, 1.807) is 6.07 Å². The molecular weight excluding hydrogens is 418 g/mol. The third kappa shape index (κ3) is 4.86. The van der Waals surface area contributed by atoms with Gasteiger partial charge >= 0.3 is 0 Å². The van der Waals surface area contributed by atoms with Gasteiger partial charge in [0.2, 0.25) is 21.8 Å². The zero-order valence-electron chi connectivity index (χ0n) is 17.0. The molecule has 0 radical (unpaired) electrons. The molecule has 3 heterocycles. The minimum absolute atomic E-state index is 0.000475. The molecule has 31 heavy (non-hydrogen) atoms. The van der Waals surface area contributed by atoms with Gasteiger partial charge in [0.25, 0.3) is 0 Å². The molecule has 2 saturated heterocycles. The zero-order valence-corrected chi connectivity index (χ0v) is 17.8. The highest BCUT2D eigenvalue weighted by Gasteiger charge is 2.32. The van der Waals surface area contributed by atoms with Gasteiger partial charge < -0.3 is 15.5 Å². The number of benzene rings is 1. The first-order chi connectivity index (χ1) is 14.9. The molecule has 0 saturated carbocycles. The molecular formula is C21H25N5O4S. The van der Waals surface area contributed by atoms with Crippen molar-refractivity contribution in [1.82, 2.24) is 14.6 Å². The molecule has 2 amide bonds. The number of aromatic nitrogens is 1. The first-order valence-corrected chi connectivity index (χ1v) is 11.7. The van der Waals surface area contributed by atoms with Gasteiger partial charge in [0.1, 0.15) is 4.90 Å². The Labute approximate surface area is 181 Å². The first kappa shape index (κ1) is 21.3. The first-order valence-electron chi connectivity index (χ1n) is 10.3. The molecule has 2 aliphatic rings. The van der Waals surface area contributed by atoms with Gasteiger partial charge in [-0.25, -0.2) is 8.42 Å². The van der Waals surface area contributed by atoms with Crippen molar-refractivity contribution in [3.05, 3.63) is 48.8 Å². The molecule has 0 atom stereocenters. The lowest BCUT2D eigenvalue weighted by molar-refractivity contribution is -0.121. The van der Waals surface area contributed by atoms with Crippen molar-refractivity contribution in [3.63, 3.8) is 0 Å². The molecule has 10 heteroatoms. The van der Waals surface area contributed by atoms with Gasteiger partial charge in [0.15, 0.2) is 0 Å². The lowest BCUT2D eigenvalue weighted by atomic mass is 9.97. The summed E-state index contributed by atoms with van der Waals surface area (Å²) in [5.41, 5.74) is 1.61. The smallest absolute Gasteiger partial charge is 0.244 e. The molecule has 2 aromatic rings. The maximum Gasteiger partial charge on any atom is 0.244 e. The van der Waals surface area contributed by atoms with Crippen molar-refractivity contribution in [2.24, 2.45) is 5.92 Å². The number of hydrogen-bond acceptors (Lipinski definition) is 6. The van der Waals surface area contributed by atoms with Gasteiger partial charge in [-0.05, 0) is 49.2 Å². The highest BCUT2D eigenvalue weighted by Crippen LogP contribution is 2.25. The number of nitrogens with zero attached hydrogens (tertiary/aromatic N) is 3. The number of hydrogen-bond donors (Lipinski definition) is 2. The normalized spacial score (nSPS) is 18.5. The molecule has 1 aromatic heterocycles. The Kier molecular flexibility index (Phi) is 6.19. The summed E-state index contributed by atoms with van der Waals surface area (Å²) in [6.45, 7) is 2.28. The van der Waals surface area contributed by atoms with E-state index in [9.17, 15) is 18.0 Å². The van der Waals surface area contributed by atoms with Crippen molar-refractivity contribution in [1.29, 1.82) is 0 Å². The van der Waals surface area contributed by atoms with Gasteiger partial charge in [-0.3, -0.25) is 14.6 Å². The Morgan fingerprint density at radius 2 is 1.84 bits per heavy atom. The van der Waals surface area contributed by atoms with E-state index in [0.29, 0.717) is 44.7 Å². The molecule has 0 bridgehead atoms. The summed E-state index contributed by atoms with van der Waals surface area (Å²) in [5.74, 6) is -0.352. The highest BCUT2D eigenvalue weighted by atomic mass is 32.2. The fraction of sp³-hybridized carbons (Fsp3) is 0.381. The molecule has 164 valence electrons. The van der Waals surface area contributed by atoms with E-state index >= 15 is 0 Å². The van der Waals surface area contributed by atoms with Crippen LogP contribution in [-0.2, 0) is 19.6 Å². The fourth-order valence-electron chi connectivity index (χ4n) is 3.87. The number of nitrogens with one attached hydrogen (secondary N) is 2. The van der Waals surface area contributed by atoms with Crippen LogP contribution in [0.3, 0.4) is 0 Å². The van der Waals surface area contributed by atoms with E-state index in [0.717, 1.165) is 12.2 Å². The van der Waals surface area contributed by atoms with Gasteiger partial charge in [-0.2, -0.15) is 4.31 Å². The van der Waals surface area contributed by atoms with E-state index < -0.39 is 10.0 Å². The molecule has 9 nitrogen and oxygen atoms in total. The zero-order chi connectivity index (χ0) is 21.8. The van der Waals surface area contributed by atoms with E-state index in [-0.39, 0.29) is 22.6 Å². The quantitative estimate of drug-likeness (QED) is 0.715. The van der Waals surface area contributed by atoms with Crippen LogP contribution in [0, 0.1) is 5.92 Å². The Morgan fingerprint density at radius 3 is 2.48 bits per heavy atom. The summed E-state index contributed by atoms with van der Waals surface area (Å²) in [5, 5.41) is 5.72. The standard InChI is InChI=1S/C21H25N5O4S/c27-20-15-25(13-10-23-20)18-5-3-17(4-6-18)24-21(28)16-7-11-26(12-8-16)31(29,30)19-2-1-9-22-14-19/h1-6,9,14,16H,7-8,10-13,15H2,(H,23,27)(H,24,28). The van der Waals surface area contributed by atoms with Gasteiger partial charge in [-0.1, -0.05) is 0 Å². The average Bonchev–Trinajstić information content (AvgIpc) is 2.80. The highest BCUT2D eigenvalue weighted by molar-refractivity contribution is 7.89. The SMILES string of the molecule is O=C1CN(c2ccc(NC(=O)C3CCN(S(=O)(=O)c4cccnc4)CC3)cc2)CCN1. The number of piperazine rings is 1. The van der Waals surface area contributed by atoms with Gasteiger partial charge in [0.05, 0.1) is 6.54 Å². The van der Waals surface area contributed by atoms with Gasteiger partial charge in [-0.15, -0.1) is 0 Å². The second kappa shape index (κ2) is 9.03. The van der Waals surface area contributed by atoms with Crippen molar-refractivity contribution in [2.75, 3.05) is 42.9 Å². The van der Waals surface area contributed by atoms with E-state index in [4.69, 9.17) is 0 Å². The molecule has 1 aromatic carbocycles. The predicted molar refractivity (Wildman–Crippen MR) is 116 cm³/mol. The number of piperidine rings is 1. The largest absolute Gasteiger partial charge is 0.360 e. The van der Waals surface area contributed by atoms with Crippen LogP contribution in [0.5, 0.6) is 0 Å². The molecule has 4 rings (SSSR count). The van der Waals surface area contributed by atoms with E-state index in [1.165, 1.54) is 22.8 Å². The number of anilines is 2. The summed E-state index contributed by atoms with van der Waals surface area (Å²) in [6, 6.07) is 10.5. The molecule has 2 N–H and O–H groups in total. The van der Waals surface area contributed by atoms with E-state index in [1.807, 2.05) is 29.2 Å². The van der Waals surface area contributed by atoms with Crippen LogP contribution >= 0.6 is 0 Å². The summed E-state index contributed by atoms with van der Waals surface area (Å²) in [4.78, 5) is 30.3. The van der Waals surface area contributed by atoms with Crippen molar-refractivity contribution < 1.29 is 18.0 Å². The van der Waals surface area contributed by atoms with Crippen LogP contribution in [0.15, 0.2) is 53.7 Å². The second-order valence-electron chi connectivity index (χ2n) is 7.67. The van der Waals surface area contributed by atoms with Crippen molar-refractivity contribution in [2.45, 2.75) is 17.7 Å². The Balaban J connectivity index is 1.31. The van der Waals surface area contributed by atoms with Crippen molar-refractivity contribution in [3.8, 4) is 0 Å². The average molecular weight is 444 g/mol. The Morgan fingerprint density at radius 1 is 1.10 bits per heavy atom. The number of sulfonamides is 1. The number of carbonyl (C=O) groups is 2. The van der Waals surface area contributed by atoms with Crippen LogP contribution in [0.1, 0.15) is 12.8 Å². The van der Waals surface area contributed by atoms with Crippen LogP contribution in [-0.4, -0.2) is 62.2 Å². The molecule has 0 unspecified atom stereocenters. The number of rotatable bonds is 5. The number of carbonyl (C=O) groups excluding carboxylic acids is 2. The van der Waals surface area contributed by atoms with Crippen LogP contribution in [0.25, 0.3) is 0 Å².